The lowest BCUT2D eigenvalue weighted by molar-refractivity contribution is 0.160. The van der Waals surface area contributed by atoms with Crippen molar-refractivity contribution in [3.8, 4) is 23.0 Å². The molecule has 5 heteroatoms. The van der Waals surface area contributed by atoms with Crippen molar-refractivity contribution in [3.63, 3.8) is 0 Å². The van der Waals surface area contributed by atoms with Crippen LogP contribution in [-0.4, -0.2) is 46.4 Å². The van der Waals surface area contributed by atoms with Gasteiger partial charge in [-0.05, 0) is 68.1 Å². The van der Waals surface area contributed by atoms with E-state index in [2.05, 4.69) is 57.0 Å². The fraction of sp³-hybridized carbons (Fsp3) is 0.407. The molecule has 0 saturated heterocycles. The van der Waals surface area contributed by atoms with E-state index in [0.717, 1.165) is 33.8 Å². The van der Waals surface area contributed by atoms with Crippen molar-refractivity contribution in [2.24, 2.45) is 0 Å². The lowest BCUT2D eigenvalue weighted by Gasteiger charge is -2.44. The quantitative estimate of drug-likeness (QED) is 0.513. The Bertz CT molecular complexity index is 1160. The van der Waals surface area contributed by atoms with Gasteiger partial charge in [0.1, 0.15) is 23.0 Å². The molecule has 0 N–H and O–H groups in total. The number of hydrogen-bond donors (Lipinski definition) is 0. The lowest BCUT2D eigenvalue weighted by Crippen LogP contribution is -2.42. The summed E-state index contributed by atoms with van der Waals surface area (Å²) in [6.45, 7) is 6.70. The zero-order chi connectivity index (χ0) is 23.2. The van der Waals surface area contributed by atoms with Crippen LogP contribution >= 0.6 is 0 Å². The zero-order valence-corrected chi connectivity index (χ0v) is 20.3. The number of aryl methyl sites for hydroxylation is 1. The van der Waals surface area contributed by atoms with Gasteiger partial charge in [0, 0.05) is 29.6 Å². The first-order valence-electron chi connectivity index (χ1n) is 11.0. The smallest absolute Gasteiger partial charge is 0.130 e. The first-order valence-corrected chi connectivity index (χ1v) is 11.0. The molecule has 3 unspecified atom stereocenters. The van der Waals surface area contributed by atoms with Gasteiger partial charge in [-0.2, -0.15) is 0 Å². The van der Waals surface area contributed by atoms with Crippen molar-refractivity contribution in [2.75, 3.05) is 35.5 Å². The van der Waals surface area contributed by atoms with Gasteiger partial charge >= 0.3 is 0 Å². The number of hydrogen-bond acceptors (Lipinski definition) is 5. The first-order chi connectivity index (χ1) is 15.4. The molecule has 0 aliphatic carbocycles. The van der Waals surface area contributed by atoms with Crippen LogP contribution < -0.4 is 18.9 Å². The minimum Gasteiger partial charge on any atom is -0.497 e. The normalized spacial score (nSPS) is 20.7. The molecule has 170 valence electrons. The Labute approximate surface area is 190 Å². The molecular weight excluding hydrogens is 402 g/mol. The van der Waals surface area contributed by atoms with E-state index in [1.54, 1.807) is 28.4 Å². The zero-order valence-electron chi connectivity index (χ0n) is 20.3. The van der Waals surface area contributed by atoms with E-state index in [4.69, 9.17) is 18.9 Å². The van der Waals surface area contributed by atoms with Gasteiger partial charge in [-0.1, -0.05) is 12.1 Å². The van der Waals surface area contributed by atoms with E-state index < -0.39 is 0 Å². The summed E-state index contributed by atoms with van der Waals surface area (Å²) in [5.74, 6) is 3.43. The van der Waals surface area contributed by atoms with Gasteiger partial charge in [-0.25, -0.2) is 0 Å². The number of methoxy groups -OCH3 is 4. The van der Waals surface area contributed by atoms with Crippen molar-refractivity contribution < 1.29 is 18.9 Å². The van der Waals surface area contributed by atoms with E-state index in [9.17, 15) is 0 Å². The molecule has 4 rings (SSSR count). The van der Waals surface area contributed by atoms with Gasteiger partial charge in [0.05, 0.1) is 33.8 Å². The highest BCUT2D eigenvalue weighted by Gasteiger charge is 2.39. The molecule has 3 aromatic carbocycles. The molecule has 0 bridgehead atoms. The van der Waals surface area contributed by atoms with Crippen LogP contribution in [0.2, 0.25) is 0 Å². The van der Waals surface area contributed by atoms with E-state index in [-0.39, 0.29) is 18.0 Å². The summed E-state index contributed by atoms with van der Waals surface area (Å²) in [6, 6.07) is 13.0. The van der Waals surface area contributed by atoms with Gasteiger partial charge < -0.3 is 18.9 Å². The minimum absolute atomic E-state index is 0.121. The SMILES string of the molecule is COc1cc(OC)c2c(c1)C(c1c(C)cc(OC)c3c(OC)cccc13)C(C)N(C)C2C. The fourth-order valence-corrected chi connectivity index (χ4v) is 5.37. The second kappa shape index (κ2) is 8.55. The maximum atomic E-state index is 5.84. The average Bonchev–Trinajstić information content (AvgIpc) is 2.82. The molecule has 1 aliphatic heterocycles. The maximum Gasteiger partial charge on any atom is 0.130 e. The van der Waals surface area contributed by atoms with E-state index in [1.807, 2.05) is 12.1 Å². The minimum atomic E-state index is 0.121. The summed E-state index contributed by atoms with van der Waals surface area (Å²) < 4.78 is 23.0. The van der Waals surface area contributed by atoms with Crippen molar-refractivity contribution >= 4 is 10.8 Å². The Balaban J connectivity index is 2.11. The lowest BCUT2D eigenvalue weighted by atomic mass is 9.74. The van der Waals surface area contributed by atoms with Gasteiger partial charge in [0.25, 0.3) is 0 Å². The molecule has 0 spiro atoms. The number of ether oxygens (including phenoxy) is 4. The third kappa shape index (κ3) is 3.27. The Morgan fingerprint density at radius 2 is 1.47 bits per heavy atom. The van der Waals surface area contributed by atoms with Crippen LogP contribution in [0.25, 0.3) is 10.8 Å². The molecule has 3 atom stereocenters. The highest BCUT2D eigenvalue weighted by molar-refractivity contribution is 5.97. The molecule has 1 aliphatic rings. The summed E-state index contributed by atoms with van der Waals surface area (Å²) in [5.41, 5.74) is 4.93. The third-order valence-corrected chi connectivity index (χ3v) is 7.18. The van der Waals surface area contributed by atoms with Gasteiger partial charge in [0.2, 0.25) is 0 Å². The monoisotopic (exact) mass is 435 g/mol. The van der Waals surface area contributed by atoms with E-state index >= 15 is 0 Å². The highest BCUT2D eigenvalue weighted by Crippen LogP contribution is 2.51. The largest absolute Gasteiger partial charge is 0.497 e. The van der Waals surface area contributed by atoms with Crippen molar-refractivity contribution in [2.45, 2.75) is 38.8 Å². The molecule has 0 amide bonds. The Morgan fingerprint density at radius 3 is 2.09 bits per heavy atom. The van der Waals surface area contributed by atoms with Crippen LogP contribution in [0.1, 0.15) is 48.1 Å². The predicted molar refractivity (Wildman–Crippen MR) is 129 cm³/mol. The van der Waals surface area contributed by atoms with Gasteiger partial charge in [-0.3, -0.25) is 4.90 Å². The van der Waals surface area contributed by atoms with Crippen LogP contribution in [0.4, 0.5) is 0 Å². The Hall–Kier alpha value is -2.92. The van der Waals surface area contributed by atoms with Crippen LogP contribution in [0.3, 0.4) is 0 Å². The summed E-state index contributed by atoms with van der Waals surface area (Å²) in [7, 11) is 9.04. The van der Waals surface area contributed by atoms with Crippen LogP contribution in [-0.2, 0) is 0 Å². The first kappa shape index (κ1) is 22.3. The molecule has 5 nitrogen and oxygen atoms in total. The second-order valence-electron chi connectivity index (χ2n) is 8.58. The van der Waals surface area contributed by atoms with Crippen molar-refractivity contribution in [1.82, 2.24) is 4.90 Å². The van der Waals surface area contributed by atoms with Gasteiger partial charge in [0.15, 0.2) is 0 Å². The molecule has 32 heavy (non-hydrogen) atoms. The summed E-state index contributed by atoms with van der Waals surface area (Å²) in [5, 5.41) is 2.15. The van der Waals surface area contributed by atoms with Gasteiger partial charge in [-0.15, -0.1) is 0 Å². The van der Waals surface area contributed by atoms with Crippen LogP contribution in [0.15, 0.2) is 36.4 Å². The number of fused-ring (bicyclic) bond motifs is 2. The Morgan fingerprint density at radius 1 is 0.781 bits per heavy atom. The van der Waals surface area contributed by atoms with E-state index in [1.165, 1.54) is 22.3 Å². The van der Waals surface area contributed by atoms with E-state index in [0.29, 0.717) is 0 Å². The standard InChI is InChI=1S/C27H33NO4/c1-15-12-22(31-7)27-19(10-9-11-21(27)30-6)24(15)26-17(3)28(4)16(2)25-20(26)13-18(29-5)14-23(25)32-8/h9-14,16-17,26H,1-8H3. The Kier molecular flexibility index (Phi) is 5.95. The number of nitrogens with zero attached hydrogens (tertiary/aromatic N) is 1. The molecular formula is C27H33NO4. The predicted octanol–water partition coefficient (Wildman–Crippen LogP) is 5.71. The third-order valence-electron chi connectivity index (χ3n) is 7.18. The number of rotatable bonds is 5. The molecule has 0 aromatic heterocycles. The molecule has 3 aromatic rings. The highest BCUT2D eigenvalue weighted by atomic mass is 16.5. The summed E-state index contributed by atoms with van der Waals surface area (Å²) in [6.07, 6.45) is 0. The average molecular weight is 436 g/mol. The topological polar surface area (TPSA) is 40.2 Å². The van der Waals surface area contributed by atoms with Crippen molar-refractivity contribution in [3.05, 3.63) is 58.7 Å². The maximum absolute atomic E-state index is 5.84. The molecule has 0 fully saturated rings. The number of benzene rings is 3. The summed E-state index contributed by atoms with van der Waals surface area (Å²) >= 11 is 0. The van der Waals surface area contributed by atoms with Crippen LogP contribution in [0, 0.1) is 6.92 Å². The number of likely N-dealkylation sites (N-methyl/N-ethyl adjacent to an activating group) is 1. The second-order valence-corrected chi connectivity index (χ2v) is 8.58. The summed E-state index contributed by atoms with van der Waals surface area (Å²) in [4.78, 5) is 2.43. The molecule has 1 heterocycles. The van der Waals surface area contributed by atoms with Crippen molar-refractivity contribution in [1.29, 1.82) is 0 Å². The molecule has 0 saturated carbocycles. The fourth-order valence-electron chi connectivity index (χ4n) is 5.37. The molecule has 0 radical (unpaired) electrons. The van der Waals surface area contributed by atoms with Crippen LogP contribution in [0.5, 0.6) is 23.0 Å².